The number of ether oxygens (including phenoxy) is 5. The molecular weight excluding hydrogens is 520 g/mol. The number of piperazine rings is 2. The Hall–Kier alpha value is -0.970. The number of hydrogen-bond donors (Lipinski definition) is 3. The van der Waals surface area contributed by atoms with Gasteiger partial charge in [-0.15, -0.1) is 0 Å². The van der Waals surface area contributed by atoms with Crippen molar-refractivity contribution in [3.63, 3.8) is 0 Å². The smallest absolute Gasteiger partial charge is 0.260 e. The van der Waals surface area contributed by atoms with Gasteiger partial charge in [0.1, 0.15) is 12.8 Å². The molecule has 2 aliphatic rings. The number of aliphatic hydroxyl groups excluding tert-OH is 1. The van der Waals surface area contributed by atoms with Gasteiger partial charge >= 0.3 is 0 Å². The van der Waals surface area contributed by atoms with Crippen LogP contribution in [0.5, 0.6) is 0 Å². The number of hydrazine groups is 1. The van der Waals surface area contributed by atoms with E-state index in [4.69, 9.17) is 23.7 Å². The minimum atomic E-state index is -0.644. The molecule has 13 nitrogen and oxygen atoms in total. The quantitative estimate of drug-likeness (QED) is 0.0933. The largest absolute Gasteiger partial charge is 0.380 e. The molecule has 0 radical (unpaired) electrons. The van der Waals surface area contributed by atoms with Crippen molar-refractivity contribution in [1.29, 1.82) is 0 Å². The van der Waals surface area contributed by atoms with E-state index in [1.807, 2.05) is 5.01 Å². The van der Waals surface area contributed by atoms with Gasteiger partial charge in [0, 0.05) is 78.7 Å². The molecule has 0 saturated carbocycles. The summed E-state index contributed by atoms with van der Waals surface area (Å²) in [5.41, 5.74) is 2.95. The van der Waals surface area contributed by atoms with Crippen molar-refractivity contribution in [2.75, 3.05) is 146 Å². The molecule has 0 aromatic rings. The zero-order valence-corrected chi connectivity index (χ0v) is 25.0. The first-order valence-electron chi connectivity index (χ1n) is 15.0. The molecule has 0 aromatic heterocycles. The number of likely N-dealkylation sites (N-methyl/N-ethyl adjacent to an activating group) is 2. The molecule has 2 aliphatic heterocycles. The van der Waals surface area contributed by atoms with Crippen LogP contribution in [0.25, 0.3) is 0 Å². The van der Waals surface area contributed by atoms with E-state index < -0.39 is 6.23 Å². The molecule has 2 heterocycles. The van der Waals surface area contributed by atoms with Gasteiger partial charge in [-0.25, -0.2) is 5.01 Å². The fourth-order valence-corrected chi connectivity index (χ4v) is 4.32. The van der Waals surface area contributed by atoms with Crippen LogP contribution in [0.4, 0.5) is 0 Å². The fourth-order valence-electron chi connectivity index (χ4n) is 4.32. The van der Waals surface area contributed by atoms with E-state index in [1.54, 1.807) is 7.05 Å². The summed E-state index contributed by atoms with van der Waals surface area (Å²) in [6, 6.07) is 0. The van der Waals surface area contributed by atoms with Crippen molar-refractivity contribution >= 4 is 5.91 Å². The first kappa shape index (κ1) is 35.2. The lowest BCUT2D eigenvalue weighted by Crippen LogP contribution is -2.54. The molecule has 2 rings (SSSR count). The summed E-state index contributed by atoms with van der Waals surface area (Å²) in [5.74, 6) is -0.0902. The molecule has 0 spiro atoms. The van der Waals surface area contributed by atoms with E-state index in [1.165, 1.54) is 0 Å². The third-order valence-electron chi connectivity index (χ3n) is 7.02. The number of carbonyl (C=O) groups is 1. The van der Waals surface area contributed by atoms with Crippen LogP contribution in [0.3, 0.4) is 0 Å². The van der Waals surface area contributed by atoms with Gasteiger partial charge in [-0.05, 0) is 33.4 Å². The van der Waals surface area contributed by atoms with E-state index in [-0.39, 0.29) is 19.1 Å². The Kier molecular flexibility index (Phi) is 20.8. The maximum absolute atomic E-state index is 12.2. The molecule has 1 unspecified atom stereocenters. The van der Waals surface area contributed by atoms with Crippen LogP contribution in [-0.4, -0.2) is 183 Å². The normalized spacial score (nSPS) is 18.8. The second kappa shape index (κ2) is 23.6. The van der Waals surface area contributed by atoms with Gasteiger partial charge in [0.2, 0.25) is 0 Å². The second-order valence-corrected chi connectivity index (χ2v) is 10.3. The molecule has 13 heteroatoms. The summed E-state index contributed by atoms with van der Waals surface area (Å²) < 4.78 is 27.7. The van der Waals surface area contributed by atoms with E-state index >= 15 is 0 Å². The van der Waals surface area contributed by atoms with Gasteiger partial charge in [-0.2, -0.15) is 0 Å². The highest BCUT2D eigenvalue weighted by molar-refractivity contribution is 5.76. The summed E-state index contributed by atoms with van der Waals surface area (Å²) in [6.07, 6.45) is 2.38. The third kappa shape index (κ3) is 18.5. The molecule has 0 bridgehead atoms. The van der Waals surface area contributed by atoms with E-state index in [0.717, 1.165) is 97.9 Å². The minimum absolute atomic E-state index is 0.0902. The van der Waals surface area contributed by atoms with Gasteiger partial charge in [0.15, 0.2) is 0 Å². The number of rotatable bonds is 24. The highest BCUT2D eigenvalue weighted by atomic mass is 16.5. The van der Waals surface area contributed by atoms with Crippen molar-refractivity contribution in [2.24, 2.45) is 0 Å². The number of aliphatic hydroxyl groups is 1. The Morgan fingerprint density at radius 2 is 1.23 bits per heavy atom. The lowest BCUT2D eigenvalue weighted by atomic mass is 10.2. The molecule has 0 aromatic carbocycles. The standard InChI is InChI=1S/C27H56N6O7/c1-28-26(34)24-40-23-22-38-21-20-37-19-15-32-10-12-33(13-11-32)29-27(35)25-39-17-5-3-4-16-36-18-14-31-8-6-30(2)7-9-31/h26,28,34H,3-25H2,1-2H3,(H,29,35). The van der Waals surface area contributed by atoms with Gasteiger partial charge in [0.25, 0.3) is 5.91 Å². The highest BCUT2D eigenvalue weighted by Crippen LogP contribution is 2.01. The van der Waals surface area contributed by atoms with Crippen LogP contribution in [-0.2, 0) is 28.5 Å². The van der Waals surface area contributed by atoms with Crippen molar-refractivity contribution in [1.82, 2.24) is 30.5 Å². The van der Waals surface area contributed by atoms with Gasteiger partial charge in [-0.3, -0.25) is 25.3 Å². The Balaban J connectivity index is 1.30. The van der Waals surface area contributed by atoms with Crippen LogP contribution in [0.15, 0.2) is 0 Å². The molecule has 236 valence electrons. The van der Waals surface area contributed by atoms with Crippen molar-refractivity contribution in [3.05, 3.63) is 0 Å². The fraction of sp³-hybridized carbons (Fsp3) is 0.963. The van der Waals surface area contributed by atoms with Crippen LogP contribution in [0, 0.1) is 0 Å². The topological polar surface area (TPSA) is 120 Å². The average Bonchev–Trinajstić information content (AvgIpc) is 2.96. The Morgan fingerprint density at radius 3 is 1.85 bits per heavy atom. The summed E-state index contributed by atoms with van der Waals surface area (Å²) in [7, 11) is 3.85. The lowest BCUT2D eigenvalue weighted by molar-refractivity contribution is -0.131. The van der Waals surface area contributed by atoms with Gasteiger partial charge < -0.3 is 33.7 Å². The molecule has 1 atom stereocenters. The van der Waals surface area contributed by atoms with Crippen molar-refractivity contribution < 1.29 is 33.6 Å². The minimum Gasteiger partial charge on any atom is -0.380 e. The monoisotopic (exact) mass is 576 g/mol. The molecule has 3 N–H and O–H groups in total. The SMILES string of the molecule is CNC(O)COCCOCCOCCN1CCN(NC(=O)COCCCCCOCCN2CCN(C)CC2)CC1. The van der Waals surface area contributed by atoms with Crippen LogP contribution in [0.2, 0.25) is 0 Å². The molecule has 2 fully saturated rings. The van der Waals surface area contributed by atoms with Crippen LogP contribution >= 0.6 is 0 Å². The Bertz CT molecular complexity index is 608. The van der Waals surface area contributed by atoms with Crippen molar-refractivity contribution in [3.8, 4) is 0 Å². The van der Waals surface area contributed by atoms with E-state index in [9.17, 15) is 9.90 Å². The number of carbonyl (C=O) groups excluding carboxylic acids is 1. The summed E-state index contributed by atoms with van der Waals surface area (Å²) in [4.78, 5) is 19.3. The average molecular weight is 577 g/mol. The molecule has 40 heavy (non-hydrogen) atoms. The van der Waals surface area contributed by atoms with E-state index in [0.29, 0.717) is 39.6 Å². The first-order chi connectivity index (χ1) is 19.6. The highest BCUT2D eigenvalue weighted by Gasteiger charge is 2.18. The van der Waals surface area contributed by atoms with E-state index in [2.05, 4.69) is 32.5 Å². The number of unbranched alkanes of at least 4 members (excludes halogenated alkanes) is 2. The lowest BCUT2D eigenvalue weighted by Gasteiger charge is -2.34. The van der Waals surface area contributed by atoms with Crippen LogP contribution < -0.4 is 10.7 Å². The summed E-state index contributed by atoms with van der Waals surface area (Å²) >= 11 is 0. The number of nitrogens with one attached hydrogen (secondary N) is 2. The van der Waals surface area contributed by atoms with Crippen molar-refractivity contribution in [2.45, 2.75) is 25.5 Å². The van der Waals surface area contributed by atoms with Gasteiger partial charge in [0.05, 0.1) is 46.2 Å². The third-order valence-corrected chi connectivity index (χ3v) is 7.02. The molecular formula is C27H56N6O7. The first-order valence-corrected chi connectivity index (χ1v) is 15.0. The second-order valence-electron chi connectivity index (χ2n) is 10.3. The molecule has 1 amide bonds. The number of amides is 1. The molecule has 2 saturated heterocycles. The maximum atomic E-state index is 12.2. The zero-order valence-electron chi connectivity index (χ0n) is 25.0. The summed E-state index contributed by atoms with van der Waals surface area (Å²) in [6.45, 7) is 15.0. The predicted molar refractivity (Wildman–Crippen MR) is 153 cm³/mol. The zero-order chi connectivity index (χ0) is 28.7. The Morgan fingerprint density at radius 1 is 0.700 bits per heavy atom. The Labute approximate surface area is 241 Å². The predicted octanol–water partition coefficient (Wildman–Crippen LogP) is -1.33. The summed E-state index contributed by atoms with van der Waals surface area (Å²) in [5, 5.41) is 13.9. The van der Waals surface area contributed by atoms with Crippen LogP contribution in [0.1, 0.15) is 19.3 Å². The number of hydrogen-bond acceptors (Lipinski definition) is 12. The van der Waals surface area contributed by atoms with Gasteiger partial charge in [-0.1, -0.05) is 0 Å². The molecule has 0 aliphatic carbocycles. The number of nitrogens with zero attached hydrogens (tertiary/aromatic N) is 4. The maximum Gasteiger partial charge on any atom is 0.260 e.